The zero-order valence-electron chi connectivity index (χ0n) is 18.4. The van der Waals surface area contributed by atoms with Crippen molar-refractivity contribution in [3.63, 3.8) is 0 Å². The summed E-state index contributed by atoms with van der Waals surface area (Å²) in [5, 5.41) is 17.9. The van der Waals surface area contributed by atoms with E-state index in [1.165, 1.54) is 6.92 Å². The first-order chi connectivity index (χ1) is 14.4. The van der Waals surface area contributed by atoms with Crippen molar-refractivity contribution in [3.05, 3.63) is 35.9 Å². The number of rotatable bonds is 13. The highest BCUT2D eigenvalue weighted by Gasteiger charge is 2.29. The summed E-state index contributed by atoms with van der Waals surface area (Å²) in [7, 11) is -3.35. The van der Waals surface area contributed by atoms with Gasteiger partial charge < -0.3 is 15.7 Å². The molecule has 0 spiro atoms. The van der Waals surface area contributed by atoms with Gasteiger partial charge in [-0.3, -0.25) is 19.7 Å². The van der Waals surface area contributed by atoms with Crippen LogP contribution < -0.4 is 16.0 Å². The second kappa shape index (κ2) is 12.5. The molecule has 2 unspecified atom stereocenters. The molecule has 4 atom stereocenters. The van der Waals surface area contributed by atoms with Gasteiger partial charge in [-0.15, -0.1) is 0 Å². The average Bonchev–Trinajstić information content (AvgIpc) is 2.70. The molecule has 0 aliphatic rings. The molecule has 0 aromatic heterocycles. The van der Waals surface area contributed by atoms with Crippen LogP contribution in [0.4, 0.5) is 0 Å². The Morgan fingerprint density at radius 2 is 1.68 bits per heavy atom. The van der Waals surface area contributed by atoms with Crippen LogP contribution in [0.3, 0.4) is 0 Å². The molecule has 1 rings (SSSR count). The molecule has 0 radical (unpaired) electrons. The van der Waals surface area contributed by atoms with Crippen LogP contribution in [0.15, 0.2) is 30.3 Å². The van der Waals surface area contributed by atoms with Crippen molar-refractivity contribution >= 4 is 27.4 Å². The maximum absolute atomic E-state index is 12.6. The zero-order valence-corrected chi connectivity index (χ0v) is 19.2. The van der Waals surface area contributed by atoms with E-state index in [9.17, 15) is 27.9 Å². The van der Waals surface area contributed by atoms with Gasteiger partial charge in [0.05, 0.1) is 24.4 Å². The average molecular weight is 456 g/mol. The summed E-state index contributed by atoms with van der Waals surface area (Å²) < 4.78 is 22.8. The van der Waals surface area contributed by atoms with Gasteiger partial charge in [-0.25, -0.2) is 8.42 Å². The summed E-state index contributed by atoms with van der Waals surface area (Å²) in [6, 6.07) is 8.10. The van der Waals surface area contributed by atoms with Gasteiger partial charge >= 0.3 is 0 Å². The van der Waals surface area contributed by atoms with Crippen LogP contribution >= 0.6 is 0 Å². The molecule has 0 heterocycles. The molecule has 2 amide bonds. The monoisotopic (exact) mass is 455 g/mol. The van der Waals surface area contributed by atoms with Crippen molar-refractivity contribution in [3.8, 4) is 0 Å². The molecule has 9 nitrogen and oxygen atoms in total. The number of sulfone groups is 1. The minimum absolute atomic E-state index is 0.244. The van der Waals surface area contributed by atoms with Gasteiger partial charge in [-0.1, -0.05) is 50.6 Å². The molecule has 4 N–H and O–H groups in total. The van der Waals surface area contributed by atoms with Gasteiger partial charge in [0.1, 0.15) is 9.84 Å². The lowest BCUT2D eigenvalue weighted by atomic mass is 10.0. The summed E-state index contributed by atoms with van der Waals surface area (Å²) in [6.07, 6.45) is 0.202. The van der Waals surface area contributed by atoms with Crippen molar-refractivity contribution < 1.29 is 27.9 Å². The summed E-state index contributed by atoms with van der Waals surface area (Å²) in [5.41, 5.74) is 0.918. The van der Waals surface area contributed by atoms with Crippen molar-refractivity contribution in [1.29, 1.82) is 0 Å². The third kappa shape index (κ3) is 10.0. The van der Waals surface area contributed by atoms with E-state index < -0.39 is 45.6 Å². The number of nitrogens with one attached hydrogen (secondary N) is 3. The van der Waals surface area contributed by atoms with Crippen molar-refractivity contribution in [2.24, 2.45) is 5.92 Å². The number of benzene rings is 1. The maximum Gasteiger partial charge on any atom is 0.234 e. The van der Waals surface area contributed by atoms with E-state index in [0.717, 1.165) is 11.8 Å². The third-order valence-corrected chi connectivity index (χ3v) is 5.75. The normalized spacial score (nSPS) is 15.4. The van der Waals surface area contributed by atoms with E-state index in [0.29, 0.717) is 6.42 Å². The van der Waals surface area contributed by atoms with Crippen LogP contribution in [-0.4, -0.2) is 61.9 Å². The number of aliphatic hydroxyl groups is 1. The van der Waals surface area contributed by atoms with Gasteiger partial charge in [0.15, 0.2) is 12.0 Å². The van der Waals surface area contributed by atoms with Crippen molar-refractivity contribution in [2.75, 3.05) is 18.6 Å². The topological polar surface area (TPSA) is 142 Å². The third-order valence-electron chi connectivity index (χ3n) is 4.64. The molecule has 0 fully saturated rings. The number of aliphatic hydroxyl groups excluding tert-OH is 1. The maximum atomic E-state index is 12.6. The Labute approximate surface area is 183 Å². The summed E-state index contributed by atoms with van der Waals surface area (Å²) >= 11 is 0. The first-order valence-electron chi connectivity index (χ1n) is 10.2. The lowest BCUT2D eigenvalue weighted by molar-refractivity contribution is -0.135. The number of Topliss-reactive ketones (excluding diaryl/α,β-unsaturated/α-hetero) is 1. The van der Waals surface area contributed by atoms with Crippen molar-refractivity contribution in [2.45, 2.75) is 51.9 Å². The molecule has 0 saturated carbocycles. The quantitative estimate of drug-likeness (QED) is 0.314. The van der Waals surface area contributed by atoms with Gasteiger partial charge in [0.25, 0.3) is 0 Å². The predicted octanol–water partition coefficient (Wildman–Crippen LogP) is 0.307. The lowest BCUT2D eigenvalue weighted by Gasteiger charge is -2.22. The standard InChI is InChI=1S/C21H33N3O6S/c1-5-9-17(24-20(27)14(2)13-31(4,29)30)19(26)21(28)22-12-18(25)23-15(3)16-10-7-6-8-11-16/h6-8,10-11,14-15,17,21-22,28H,5,9,12-13H2,1-4H3,(H,23,25)(H,24,27)/t14?,15-,17?,21+/m1/s1. The number of hydrogen-bond donors (Lipinski definition) is 4. The molecule has 1 aromatic rings. The smallest absolute Gasteiger partial charge is 0.234 e. The van der Waals surface area contributed by atoms with E-state index >= 15 is 0 Å². The van der Waals surface area contributed by atoms with Gasteiger partial charge in [-0.2, -0.15) is 0 Å². The highest BCUT2D eigenvalue weighted by molar-refractivity contribution is 7.90. The van der Waals surface area contributed by atoms with Crippen LogP contribution in [0, 0.1) is 5.92 Å². The molecule has 0 bridgehead atoms. The highest BCUT2D eigenvalue weighted by atomic mass is 32.2. The second-order valence-electron chi connectivity index (χ2n) is 7.73. The second-order valence-corrected chi connectivity index (χ2v) is 9.91. The molecule has 1 aromatic carbocycles. The molecule has 174 valence electrons. The van der Waals surface area contributed by atoms with E-state index in [1.807, 2.05) is 44.2 Å². The van der Waals surface area contributed by atoms with E-state index in [-0.39, 0.29) is 24.8 Å². The van der Waals surface area contributed by atoms with E-state index in [1.54, 1.807) is 0 Å². The molecule has 0 aliphatic heterocycles. The predicted molar refractivity (Wildman–Crippen MR) is 118 cm³/mol. The summed E-state index contributed by atoms with van der Waals surface area (Å²) in [6.45, 7) is 4.79. The SMILES string of the molecule is CCCC(NC(=O)C(C)CS(C)(=O)=O)C(=O)[C@H](O)NCC(=O)N[C@H](C)c1ccccc1. The number of hydrogen-bond acceptors (Lipinski definition) is 7. The number of carbonyl (C=O) groups is 3. The summed E-state index contributed by atoms with van der Waals surface area (Å²) in [4.78, 5) is 36.9. The fraction of sp³-hybridized carbons (Fsp3) is 0.571. The molecular formula is C21H33N3O6S. The van der Waals surface area contributed by atoms with Crippen LogP contribution in [0.25, 0.3) is 0 Å². The largest absolute Gasteiger partial charge is 0.371 e. The van der Waals surface area contributed by atoms with Crippen LogP contribution in [-0.2, 0) is 24.2 Å². The Morgan fingerprint density at radius 3 is 2.23 bits per heavy atom. The van der Waals surface area contributed by atoms with Gasteiger partial charge in [0, 0.05) is 12.2 Å². The fourth-order valence-electron chi connectivity index (χ4n) is 3.02. The minimum atomic E-state index is -3.35. The number of ketones is 1. The Kier molecular flexibility index (Phi) is 10.8. The zero-order chi connectivity index (χ0) is 23.6. The van der Waals surface area contributed by atoms with Crippen LogP contribution in [0.2, 0.25) is 0 Å². The van der Waals surface area contributed by atoms with E-state index in [2.05, 4.69) is 16.0 Å². The Hall–Kier alpha value is -2.30. The van der Waals surface area contributed by atoms with Crippen molar-refractivity contribution in [1.82, 2.24) is 16.0 Å². The Balaban J connectivity index is 2.60. The molecular weight excluding hydrogens is 422 g/mol. The molecule has 10 heteroatoms. The van der Waals surface area contributed by atoms with Gasteiger partial charge in [-0.05, 0) is 18.9 Å². The molecule has 0 aliphatic carbocycles. The highest BCUT2D eigenvalue weighted by Crippen LogP contribution is 2.10. The summed E-state index contributed by atoms with van der Waals surface area (Å²) in [5.74, 6) is -2.85. The van der Waals surface area contributed by atoms with Crippen LogP contribution in [0.1, 0.15) is 45.2 Å². The lowest BCUT2D eigenvalue weighted by Crippen LogP contribution is -2.52. The van der Waals surface area contributed by atoms with Crippen LogP contribution in [0.5, 0.6) is 0 Å². The molecule has 0 saturated heterocycles. The Bertz CT molecular complexity index is 844. The van der Waals surface area contributed by atoms with E-state index in [4.69, 9.17) is 0 Å². The minimum Gasteiger partial charge on any atom is -0.371 e. The first-order valence-corrected chi connectivity index (χ1v) is 12.3. The fourth-order valence-corrected chi connectivity index (χ4v) is 4.08. The Morgan fingerprint density at radius 1 is 1.06 bits per heavy atom. The van der Waals surface area contributed by atoms with Gasteiger partial charge in [0.2, 0.25) is 11.8 Å². The number of carbonyl (C=O) groups excluding carboxylic acids is 3. The number of amides is 2. The first kappa shape index (κ1) is 26.7. The molecule has 31 heavy (non-hydrogen) atoms.